The van der Waals surface area contributed by atoms with E-state index in [1.54, 1.807) is 0 Å². The minimum atomic E-state index is -0.135. The van der Waals surface area contributed by atoms with Crippen molar-refractivity contribution in [3.63, 3.8) is 0 Å². The second-order valence-electron chi connectivity index (χ2n) is 3.50. The van der Waals surface area contributed by atoms with Crippen LogP contribution in [-0.4, -0.2) is 12.1 Å². The normalized spacial score (nSPS) is 31.5. The SMILES string of the molecule is CC(=O)O[C@@H]1CCC[C@@H](C)C1. The number of carbonyl (C=O) groups is 1. The number of hydrogen-bond acceptors (Lipinski definition) is 2. The molecule has 0 unspecified atom stereocenters. The van der Waals surface area contributed by atoms with Crippen molar-refractivity contribution >= 4 is 5.97 Å². The van der Waals surface area contributed by atoms with Gasteiger partial charge in [-0.3, -0.25) is 4.79 Å². The Morgan fingerprint density at radius 3 is 2.73 bits per heavy atom. The third-order valence-electron chi connectivity index (χ3n) is 2.22. The molecule has 2 nitrogen and oxygen atoms in total. The zero-order chi connectivity index (χ0) is 8.27. The molecule has 0 bridgehead atoms. The predicted molar refractivity (Wildman–Crippen MR) is 43.2 cm³/mol. The van der Waals surface area contributed by atoms with Gasteiger partial charge in [-0.2, -0.15) is 0 Å². The highest BCUT2D eigenvalue weighted by Gasteiger charge is 2.20. The second-order valence-corrected chi connectivity index (χ2v) is 3.50. The first-order valence-electron chi connectivity index (χ1n) is 4.35. The molecule has 1 rings (SSSR count). The average Bonchev–Trinajstić information content (AvgIpc) is 1.85. The topological polar surface area (TPSA) is 26.3 Å². The number of carbonyl (C=O) groups excluding carboxylic acids is 1. The smallest absolute Gasteiger partial charge is 0.302 e. The van der Waals surface area contributed by atoms with E-state index in [9.17, 15) is 4.79 Å². The van der Waals surface area contributed by atoms with Crippen LogP contribution in [0.2, 0.25) is 0 Å². The first kappa shape index (κ1) is 8.57. The van der Waals surface area contributed by atoms with Crippen LogP contribution in [0.5, 0.6) is 0 Å². The molecule has 0 heterocycles. The standard InChI is InChI=1S/C9H16O2/c1-7-4-3-5-9(6-7)11-8(2)10/h7,9H,3-6H2,1-2H3/t7-,9-/m1/s1. The van der Waals surface area contributed by atoms with Crippen LogP contribution in [0.4, 0.5) is 0 Å². The van der Waals surface area contributed by atoms with Crippen LogP contribution in [0.15, 0.2) is 0 Å². The molecule has 1 saturated carbocycles. The van der Waals surface area contributed by atoms with Crippen LogP contribution in [-0.2, 0) is 9.53 Å². The van der Waals surface area contributed by atoms with Gasteiger partial charge in [0.05, 0.1) is 0 Å². The summed E-state index contributed by atoms with van der Waals surface area (Å²) >= 11 is 0. The summed E-state index contributed by atoms with van der Waals surface area (Å²) in [4.78, 5) is 10.6. The molecule has 11 heavy (non-hydrogen) atoms. The van der Waals surface area contributed by atoms with Crippen LogP contribution in [0.3, 0.4) is 0 Å². The third kappa shape index (κ3) is 2.91. The van der Waals surface area contributed by atoms with E-state index in [0.717, 1.165) is 18.8 Å². The summed E-state index contributed by atoms with van der Waals surface area (Å²) in [5.41, 5.74) is 0. The number of rotatable bonds is 1. The number of ether oxygens (including phenoxy) is 1. The first-order chi connectivity index (χ1) is 5.18. The summed E-state index contributed by atoms with van der Waals surface area (Å²) in [6.45, 7) is 3.70. The lowest BCUT2D eigenvalue weighted by atomic mass is 9.89. The van der Waals surface area contributed by atoms with E-state index in [1.165, 1.54) is 19.8 Å². The summed E-state index contributed by atoms with van der Waals surface area (Å²) < 4.78 is 5.12. The van der Waals surface area contributed by atoms with Crippen LogP contribution >= 0.6 is 0 Å². The summed E-state index contributed by atoms with van der Waals surface area (Å²) in [5.74, 6) is 0.595. The molecule has 0 aliphatic heterocycles. The molecular formula is C9H16O2. The summed E-state index contributed by atoms with van der Waals surface area (Å²) in [7, 11) is 0. The monoisotopic (exact) mass is 156 g/mol. The highest BCUT2D eigenvalue weighted by Crippen LogP contribution is 2.25. The van der Waals surface area contributed by atoms with Crippen LogP contribution in [0.25, 0.3) is 0 Å². The summed E-state index contributed by atoms with van der Waals surface area (Å²) in [5, 5.41) is 0. The minimum Gasteiger partial charge on any atom is -0.463 e. The molecular weight excluding hydrogens is 140 g/mol. The van der Waals surface area contributed by atoms with Crippen molar-refractivity contribution in [3.05, 3.63) is 0 Å². The van der Waals surface area contributed by atoms with Gasteiger partial charge in [-0.15, -0.1) is 0 Å². The molecule has 2 heteroatoms. The summed E-state index contributed by atoms with van der Waals surface area (Å²) in [6, 6.07) is 0. The maximum absolute atomic E-state index is 10.6. The molecule has 1 fully saturated rings. The minimum absolute atomic E-state index is 0.135. The Morgan fingerprint density at radius 1 is 1.45 bits per heavy atom. The first-order valence-corrected chi connectivity index (χ1v) is 4.35. The van der Waals surface area contributed by atoms with E-state index >= 15 is 0 Å². The van der Waals surface area contributed by atoms with Gasteiger partial charge in [-0.1, -0.05) is 13.3 Å². The molecule has 0 aromatic carbocycles. The Bertz CT molecular complexity index is 142. The fraction of sp³-hybridized carbons (Fsp3) is 0.889. The Kier molecular flexibility index (Phi) is 2.92. The largest absolute Gasteiger partial charge is 0.463 e. The molecule has 0 spiro atoms. The van der Waals surface area contributed by atoms with Crippen LogP contribution < -0.4 is 0 Å². The molecule has 64 valence electrons. The van der Waals surface area contributed by atoms with Crippen molar-refractivity contribution in [2.24, 2.45) is 5.92 Å². The molecule has 1 aliphatic carbocycles. The Balaban J connectivity index is 2.28. The van der Waals surface area contributed by atoms with Crippen molar-refractivity contribution in [2.75, 3.05) is 0 Å². The zero-order valence-electron chi connectivity index (χ0n) is 7.30. The molecule has 1 aliphatic rings. The summed E-state index contributed by atoms with van der Waals surface area (Å²) in [6.07, 6.45) is 4.82. The molecule has 0 aromatic heterocycles. The van der Waals surface area contributed by atoms with Gasteiger partial charge < -0.3 is 4.74 Å². The van der Waals surface area contributed by atoms with E-state index in [4.69, 9.17) is 4.74 Å². The third-order valence-corrected chi connectivity index (χ3v) is 2.22. The van der Waals surface area contributed by atoms with Crippen molar-refractivity contribution in [1.82, 2.24) is 0 Å². The lowest BCUT2D eigenvalue weighted by Crippen LogP contribution is -2.23. The quantitative estimate of drug-likeness (QED) is 0.543. The molecule has 0 N–H and O–H groups in total. The fourth-order valence-electron chi connectivity index (χ4n) is 1.72. The van der Waals surface area contributed by atoms with Crippen LogP contribution in [0, 0.1) is 5.92 Å². The molecule has 0 radical (unpaired) electrons. The van der Waals surface area contributed by atoms with Crippen molar-refractivity contribution in [2.45, 2.75) is 45.6 Å². The van der Waals surface area contributed by atoms with Gasteiger partial charge in [-0.25, -0.2) is 0 Å². The molecule has 2 atom stereocenters. The Hall–Kier alpha value is -0.530. The highest BCUT2D eigenvalue weighted by atomic mass is 16.5. The average molecular weight is 156 g/mol. The maximum atomic E-state index is 10.6. The molecule has 0 amide bonds. The van der Waals surface area contributed by atoms with Crippen molar-refractivity contribution in [3.8, 4) is 0 Å². The van der Waals surface area contributed by atoms with Crippen molar-refractivity contribution in [1.29, 1.82) is 0 Å². The van der Waals surface area contributed by atoms with Gasteiger partial charge in [0.15, 0.2) is 0 Å². The second kappa shape index (κ2) is 3.74. The van der Waals surface area contributed by atoms with Gasteiger partial charge >= 0.3 is 5.97 Å². The van der Waals surface area contributed by atoms with Gasteiger partial charge in [0.25, 0.3) is 0 Å². The number of esters is 1. The molecule has 0 aromatic rings. The molecule has 0 saturated heterocycles. The maximum Gasteiger partial charge on any atom is 0.302 e. The zero-order valence-corrected chi connectivity index (χ0v) is 7.30. The van der Waals surface area contributed by atoms with E-state index in [0.29, 0.717) is 0 Å². The van der Waals surface area contributed by atoms with E-state index in [-0.39, 0.29) is 12.1 Å². The lowest BCUT2D eigenvalue weighted by Gasteiger charge is -2.25. The van der Waals surface area contributed by atoms with E-state index in [1.807, 2.05) is 0 Å². The number of hydrogen-bond donors (Lipinski definition) is 0. The Labute approximate surface area is 67.9 Å². The fourth-order valence-corrected chi connectivity index (χ4v) is 1.72. The van der Waals surface area contributed by atoms with Crippen molar-refractivity contribution < 1.29 is 9.53 Å². The van der Waals surface area contributed by atoms with Gasteiger partial charge in [-0.05, 0) is 25.2 Å². The highest BCUT2D eigenvalue weighted by molar-refractivity contribution is 5.66. The van der Waals surface area contributed by atoms with Gasteiger partial charge in [0, 0.05) is 6.92 Å². The predicted octanol–water partition coefficient (Wildman–Crippen LogP) is 2.13. The van der Waals surface area contributed by atoms with Gasteiger partial charge in [0.2, 0.25) is 0 Å². The van der Waals surface area contributed by atoms with E-state index in [2.05, 4.69) is 6.92 Å². The Morgan fingerprint density at radius 2 is 2.18 bits per heavy atom. The van der Waals surface area contributed by atoms with Crippen LogP contribution in [0.1, 0.15) is 39.5 Å². The van der Waals surface area contributed by atoms with Gasteiger partial charge in [0.1, 0.15) is 6.10 Å². The lowest BCUT2D eigenvalue weighted by molar-refractivity contribution is -0.148. The van der Waals surface area contributed by atoms with E-state index < -0.39 is 0 Å².